The summed E-state index contributed by atoms with van der Waals surface area (Å²) in [5.41, 5.74) is 0.854. The van der Waals surface area contributed by atoms with Crippen LogP contribution in [0.2, 0.25) is 0 Å². The molecule has 0 radical (unpaired) electrons. The van der Waals surface area contributed by atoms with Crippen LogP contribution in [0, 0.1) is 0 Å². The normalized spacial score (nSPS) is 12.4. The van der Waals surface area contributed by atoms with Gasteiger partial charge in [-0.25, -0.2) is 4.79 Å². The molecule has 130 valence electrons. The molecule has 0 atom stereocenters. The van der Waals surface area contributed by atoms with Crippen LogP contribution < -0.4 is 4.31 Å². The molecule has 0 aliphatic rings. The molecule has 1 aromatic rings. The molecule has 0 aliphatic carbocycles. The van der Waals surface area contributed by atoms with E-state index in [2.05, 4.69) is 0 Å². The second-order valence-corrected chi connectivity index (χ2v) is 7.97. The Balaban J connectivity index is 3.58. The monoisotopic (exact) mass is 342 g/mol. The van der Waals surface area contributed by atoms with Crippen molar-refractivity contribution in [2.75, 3.05) is 4.31 Å². The van der Waals surface area contributed by atoms with Crippen LogP contribution >= 0.6 is 0 Å². The van der Waals surface area contributed by atoms with E-state index in [9.17, 15) is 18.3 Å². The van der Waals surface area contributed by atoms with Crippen LogP contribution in [0.1, 0.15) is 53.0 Å². The molecule has 0 saturated heterocycles. The van der Waals surface area contributed by atoms with Gasteiger partial charge < -0.3 is 5.11 Å². The maximum absolute atomic E-state index is 13.0. The van der Waals surface area contributed by atoms with Crippen molar-refractivity contribution >= 4 is 22.0 Å². The number of amides is 1. The zero-order chi connectivity index (χ0) is 17.9. The highest BCUT2D eigenvalue weighted by Crippen LogP contribution is 2.31. The van der Waals surface area contributed by atoms with Crippen LogP contribution in [0.15, 0.2) is 24.3 Å². The average Bonchev–Trinajstić information content (AvgIpc) is 2.36. The number of benzene rings is 1. The molecule has 0 fully saturated rings. The minimum Gasteiger partial charge on any atom is -0.464 e. The highest BCUT2D eigenvalue weighted by molar-refractivity contribution is 7.91. The lowest BCUT2D eigenvalue weighted by Crippen LogP contribution is -2.52. The molecule has 1 N–H and O–H groups in total. The Bertz CT molecular complexity index is 646. The third-order valence-electron chi connectivity index (χ3n) is 3.47. The number of hydrogen-bond acceptors (Lipinski definition) is 3. The van der Waals surface area contributed by atoms with Crippen molar-refractivity contribution in [2.24, 2.45) is 0 Å². The van der Waals surface area contributed by atoms with E-state index in [1.165, 1.54) is 10.4 Å². The molecule has 23 heavy (non-hydrogen) atoms. The minimum atomic E-state index is -4.20. The number of carbonyl (C=O) groups is 1. The molecule has 0 spiro atoms. The summed E-state index contributed by atoms with van der Waals surface area (Å²) >= 11 is 0. The predicted molar refractivity (Wildman–Crippen MR) is 92.1 cm³/mol. The summed E-state index contributed by atoms with van der Waals surface area (Å²) in [6, 6.07) is 5.98. The number of rotatable bonds is 6. The zero-order valence-electron chi connectivity index (χ0n) is 14.5. The Hall–Kier alpha value is -1.60. The van der Waals surface area contributed by atoms with Crippen LogP contribution in [0.3, 0.4) is 0 Å². The first-order valence-electron chi connectivity index (χ1n) is 7.67. The van der Waals surface area contributed by atoms with Crippen molar-refractivity contribution in [1.82, 2.24) is 4.31 Å². The maximum atomic E-state index is 13.0. The SMILES string of the molecule is CC(C)c1ccccc1N(C(=O)O)S(=O)(=O)N(C(C)C)C(C)C. The first-order valence-corrected chi connectivity index (χ1v) is 9.07. The van der Waals surface area contributed by atoms with Gasteiger partial charge in [-0.2, -0.15) is 17.0 Å². The van der Waals surface area contributed by atoms with Gasteiger partial charge in [-0.05, 0) is 45.2 Å². The predicted octanol–water partition coefficient (Wildman–Crippen LogP) is 3.66. The Morgan fingerprint density at radius 1 is 1.00 bits per heavy atom. The van der Waals surface area contributed by atoms with Crippen molar-refractivity contribution in [3.63, 3.8) is 0 Å². The number of carboxylic acid groups (broad SMARTS) is 1. The van der Waals surface area contributed by atoms with Gasteiger partial charge in [0.1, 0.15) is 0 Å². The van der Waals surface area contributed by atoms with E-state index in [0.29, 0.717) is 9.87 Å². The second-order valence-electron chi connectivity index (χ2n) is 6.29. The summed E-state index contributed by atoms with van der Waals surface area (Å²) in [5.74, 6) is -0.00481. The van der Waals surface area contributed by atoms with Crippen LogP contribution in [0.4, 0.5) is 10.5 Å². The maximum Gasteiger partial charge on any atom is 0.426 e. The van der Waals surface area contributed by atoms with Crippen molar-refractivity contribution in [3.8, 4) is 0 Å². The first-order chi connectivity index (χ1) is 10.5. The lowest BCUT2D eigenvalue weighted by molar-refractivity contribution is 0.204. The van der Waals surface area contributed by atoms with E-state index < -0.39 is 16.3 Å². The summed E-state index contributed by atoms with van der Waals surface area (Å²) < 4.78 is 27.7. The van der Waals surface area contributed by atoms with E-state index in [-0.39, 0.29) is 23.7 Å². The molecule has 0 unspecified atom stereocenters. The molecule has 1 aromatic carbocycles. The highest BCUT2D eigenvalue weighted by atomic mass is 32.2. The smallest absolute Gasteiger partial charge is 0.426 e. The van der Waals surface area contributed by atoms with Crippen LogP contribution in [0.5, 0.6) is 0 Å². The molecular weight excluding hydrogens is 316 g/mol. The van der Waals surface area contributed by atoms with Crippen LogP contribution in [0.25, 0.3) is 0 Å². The lowest BCUT2D eigenvalue weighted by Gasteiger charge is -2.34. The number of hydrogen-bond donors (Lipinski definition) is 1. The Morgan fingerprint density at radius 2 is 1.48 bits per heavy atom. The van der Waals surface area contributed by atoms with Gasteiger partial charge in [-0.1, -0.05) is 32.0 Å². The van der Waals surface area contributed by atoms with Gasteiger partial charge in [0.05, 0.1) is 5.69 Å². The molecule has 0 bridgehead atoms. The molecule has 0 heterocycles. The molecule has 7 heteroatoms. The fourth-order valence-electron chi connectivity index (χ4n) is 2.71. The van der Waals surface area contributed by atoms with Gasteiger partial charge in [0, 0.05) is 12.1 Å². The van der Waals surface area contributed by atoms with Crippen molar-refractivity contribution < 1.29 is 18.3 Å². The van der Waals surface area contributed by atoms with E-state index in [1.807, 2.05) is 13.8 Å². The van der Waals surface area contributed by atoms with E-state index in [1.54, 1.807) is 45.9 Å². The highest BCUT2D eigenvalue weighted by Gasteiger charge is 2.39. The molecule has 1 amide bonds. The standard InChI is InChI=1S/C16H26N2O4S/c1-11(2)14-9-7-8-10-15(14)18(16(19)20)23(21,22)17(12(3)4)13(5)6/h7-13H,1-6H3,(H,19,20). The largest absolute Gasteiger partial charge is 0.464 e. The number of anilines is 1. The van der Waals surface area contributed by atoms with Crippen molar-refractivity contribution in [1.29, 1.82) is 0 Å². The van der Waals surface area contributed by atoms with Crippen molar-refractivity contribution in [3.05, 3.63) is 29.8 Å². The van der Waals surface area contributed by atoms with Crippen LogP contribution in [-0.2, 0) is 10.2 Å². The third-order valence-corrected chi connectivity index (χ3v) is 5.66. The Labute approximate surface area is 138 Å². The summed E-state index contributed by atoms with van der Waals surface area (Å²) in [6.45, 7) is 10.7. The van der Waals surface area contributed by atoms with Gasteiger partial charge >= 0.3 is 16.3 Å². The first kappa shape index (κ1) is 19.4. The summed E-state index contributed by atoms with van der Waals surface area (Å²) in [5, 5.41) is 9.60. The topological polar surface area (TPSA) is 77.9 Å². The van der Waals surface area contributed by atoms with Crippen LogP contribution in [-0.4, -0.2) is 36.0 Å². The molecule has 6 nitrogen and oxygen atoms in total. The molecule has 0 aromatic heterocycles. The summed E-state index contributed by atoms with van der Waals surface area (Å²) in [4.78, 5) is 11.8. The van der Waals surface area contributed by atoms with Crippen molar-refractivity contribution in [2.45, 2.75) is 59.5 Å². The molecule has 1 rings (SSSR count). The summed E-state index contributed by atoms with van der Waals surface area (Å²) in [6.07, 6.45) is -1.51. The molecule has 0 aliphatic heterocycles. The minimum absolute atomic E-state index is 0.00481. The Morgan fingerprint density at radius 3 is 1.87 bits per heavy atom. The van der Waals surface area contributed by atoms with Gasteiger partial charge in [-0.15, -0.1) is 0 Å². The quantitative estimate of drug-likeness (QED) is 0.856. The second kappa shape index (κ2) is 7.31. The number of para-hydroxylation sites is 1. The lowest BCUT2D eigenvalue weighted by atomic mass is 10.0. The summed E-state index contributed by atoms with van der Waals surface area (Å²) in [7, 11) is -4.20. The van der Waals surface area contributed by atoms with E-state index in [4.69, 9.17) is 0 Å². The van der Waals surface area contributed by atoms with Gasteiger partial charge in [-0.3, -0.25) is 0 Å². The average molecular weight is 342 g/mol. The third kappa shape index (κ3) is 4.03. The number of nitrogens with zero attached hydrogens (tertiary/aromatic N) is 2. The molecular formula is C16H26N2O4S. The molecule has 0 saturated carbocycles. The van der Waals surface area contributed by atoms with E-state index >= 15 is 0 Å². The Kier molecular flexibility index (Phi) is 6.18. The van der Waals surface area contributed by atoms with Gasteiger partial charge in [0.25, 0.3) is 0 Å². The van der Waals surface area contributed by atoms with Gasteiger partial charge in [0.15, 0.2) is 0 Å². The fourth-order valence-corrected chi connectivity index (χ4v) is 4.58. The zero-order valence-corrected chi connectivity index (χ0v) is 15.3. The fraction of sp³-hybridized carbons (Fsp3) is 0.562. The van der Waals surface area contributed by atoms with Gasteiger partial charge in [0.2, 0.25) is 0 Å². The van der Waals surface area contributed by atoms with E-state index in [0.717, 1.165) is 0 Å².